The standard InChI is InChI=1S/C21H28N6O/c1-22-21(26-10-8-17(15-26)18-13-24-25(2)14-18)23-12-16-5-3-6-19(11-16)27-9-4-7-20(27)28/h3,5-6,11,13-14,17H,4,7-10,12,15H2,1-2H3,(H,22,23). The Bertz CT molecular complexity index is 873. The summed E-state index contributed by atoms with van der Waals surface area (Å²) in [7, 11) is 3.79. The van der Waals surface area contributed by atoms with Crippen LogP contribution in [0.3, 0.4) is 0 Å². The van der Waals surface area contributed by atoms with Crippen molar-refractivity contribution < 1.29 is 4.79 Å². The molecule has 7 nitrogen and oxygen atoms in total. The number of aryl methyl sites for hydroxylation is 1. The Kier molecular flexibility index (Phi) is 5.32. The smallest absolute Gasteiger partial charge is 0.227 e. The summed E-state index contributed by atoms with van der Waals surface area (Å²) in [5.74, 6) is 1.64. The van der Waals surface area contributed by atoms with Crippen LogP contribution in [0.4, 0.5) is 5.69 Å². The van der Waals surface area contributed by atoms with Crippen LogP contribution in [-0.2, 0) is 18.4 Å². The number of aromatic nitrogens is 2. The first-order chi connectivity index (χ1) is 13.6. The Morgan fingerprint density at radius 3 is 2.96 bits per heavy atom. The molecule has 148 valence electrons. The van der Waals surface area contributed by atoms with Crippen LogP contribution in [0.25, 0.3) is 0 Å². The molecule has 0 saturated carbocycles. The normalized spacial score (nSPS) is 20.3. The third-order valence-corrected chi connectivity index (χ3v) is 5.64. The molecule has 1 amide bonds. The van der Waals surface area contributed by atoms with Crippen molar-refractivity contribution in [1.82, 2.24) is 20.0 Å². The molecule has 28 heavy (non-hydrogen) atoms. The Morgan fingerprint density at radius 1 is 1.36 bits per heavy atom. The maximum Gasteiger partial charge on any atom is 0.227 e. The van der Waals surface area contributed by atoms with Gasteiger partial charge in [0.1, 0.15) is 0 Å². The first-order valence-corrected chi connectivity index (χ1v) is 9.97. The Balaban J connectivity index is 1.37. The minimum atomic E-state index is 0.222. The highest BCUT2D eigenvalue weighted by atomic mass is 16.2. The second-order valence-electron chi connectivity index (χ2n) is 7.60. The summed E-state index contributed by atoms with van der Waals surface area (Å²) in [4.78, 5) is 20.7. The number of benzene rings is 1. The summed E-state index contributed by atoms with van der Waals surface area (Å²) in [5, 5.41) is 7.78. The summed E-state index contributed by atoms with van der Waals surface area (Å²) < 4.78 is 1.86. The molecule has 1 unspecified atom stereocenters. The van der Waals surface area contributed by atoms with E-state index in [2.05, 4.69) is 38.6 Å². The molecule has 1 aromatic heterocycles. The largest absolute Gasteiger partial charge is 0.352 e. The third kappa shape index (κ3) is 3.88. The molecule has 0 bridgehead atoms. The predicted octanol–water partition coefficient (Wildman–Crippen LogP) is 2.11. The fourth-order valence-corrected chi connectivity index (χ4v) is 4.14. The molecule has 4 rings (SSSR count). The van der Waals surface area contributed by atoms with E-state index in [9.17, 15) is 4.79 Å². The number of rotatable bonds is 4. The quantitative estimate of drug-likeness (QED) is 0.652. The monoisotopic (exact) mass is 380 g/mol. The molecule has 2 aromatic rings. The average molecular weight is 380 g/mol. The lowest BCUT2D eigenvalue weighted by atomic mass is 10.0. The van der Waals surface area contributed by atoms with E-state index in [0.29, 0.717) is 18.9 Å². The third-order valence-electron chi connectivity index (χ3n) is 5.64. The van der Waals surface area contributed by atoms with Gasteiger partial charge in [-0.1, -0.05) is 12.1 Å². The van der Waals surface area contributed by atoms with Gasteiger partial charge in [-0.05, 0) is 36.1 Å². The molecule has 0 spiro atoms. The highest BCUT2D eigenvalue weighted by Crippen LogP contribution is 2.27. The number of aliphatic imine (C=N–C) groups is 1. The van der Waals surface area contributed by atoms with Gasteiger partial charge >= 0.3 is 0 Å². The Labute approximate surface area is 166 Å². The minimum Gasteiger partial charge on any atom is -0.352 e. The summed E-state index contributed by atoms with van der Waals surface area (Å²) in [6.07, 6.45) is 6.78. The number of nitrogens with one attached hydrogen (secondary N) is 1. The number of hydrogen-bond acceptors (Lipinski definition) is 3. The second kappa shape index (κ2) is 8.04. The van der Waals surface area contributed by atoms with E-state index < -0.39 is 0 Å². The minimum absolute atomic E-state index is 0.222. The molecular formula is C21H28N6O. The van der Waals surface area contributed by atoms with Gasteiger partial charge < -0.3 is 15.1 Å². The summed E-state index contributed by atoms with van der Waals surface area (Å²) in [6, 6.07) is 8.23. The molecule has 1 N–H and O–H groups in total. The van der Waals surface area contributed by atoms with E-state index >= 15 is 0 Å². The molecule has 0 radical (unpaired) electrons. The van der Waals surface area contributed by atoms with Gasteiger partial charge in [-0.25, -0.2) is 0 Å². The lowest BCUT2D eigenvalue weighted by molar-refractivity contribution is -0.117. The number of amides is 1. The fourth-order valence-electron chi connectivity index (χ4n) is 4.14. The zero-order chi connectivity index (χ0) is 19.5. The predicted molar refractivity (Wildman–Crippen MR) is 110 cm³/mol. The molecule has 2 fully saturated rings. The highest BCUT2D eigenvalue weighted by Gasteiger charge is 2.27. The average Bonchev–Trinajstić information content (AvgIpc) is 3.44. The summed E-state index contributed by atoms with van der Waals surface area (Å²) in [5.41, 5.74) is 3.44. The Morgan fingerprint density at radius 2 is 2.25 bits per heavy atom. The van der Waals surface area contributed by atoms with Crippen LogP contribution < -0.4 is 10.2 Å². The van der Waals surface area contributed by atoms with Crippen molar-refractivity contribution in [2.24, 2.45) is 12.0 Å². The molecule has 3 heterocycles. The van der Waals surface area contributed by atoms with E-state index in [-0.39, 0.29) is 5.91 Å². The van der Waals surface area contributed by atoms with Crippen molar-refractivity contribution >= 4 is 17.6 Å². The van der Waals surface area contributed by atoms with Gasteiger partial charge in [-0.2, -0.15) is 5.10 Å². The zero-order valence-electron chi connectivity index (χ0n) is 16.6. The molecule has 1 aromatic carbocycles. The van der Waals surface area contributed by atoms with Crippen molar-refractivity contribution in [2.75, 3.05) is 31.6 Å². The maximum absolute atomic E-state index is 12.0. The fraction of sp³-hybridized carbons (Fsp3) is 0.476. The summed E-state index contributed by atoms with van der Waals surface area (Å²) >= 11 is 0. The second-order valence-corrected chi connectivity index (χ2v) is 7.60. The lowest BCUT2D eigenvalue weighted by Gasteiger charge is -2.22. The van der Waals surface area contributed by atoms with Gasteiger partial charge in [0.15, 0.2) is 5.96 Å². The van der Waals surface area contributed by atoms with Crippen LogP contribution in [0.2, 0.25) is 0 Å². The molecular weight excluding hydrogens is 352 g/mol. The molecule has 2 aliphatic heterocycles. The number of hydrogen-bond donors (Lipinski definition) is 1. The van der Waals surface area contributed by atoms with Gasteiger partial charge in [0.25, 0.3) is 0 Å². The zero-order valence-corrected chi connectivity index (χ0v) is 16.6. The van der Waals surface area contributed by atoms with E-state index in [1.54, 1.807) is 0 Å². The highest BCUT2D eigenvalue weighted by molar-refractivity contribution is 5.95. The number of anilines is 1. The van der Waals surface area contributed by atoms with Gasteiger partial charge in [-0.3, -0.25) is 14.5 Å². The molecule has 7 heteroatoms. The first-order valence-electron chi connectivity index (χ1n) is 9.97. The van der Waals surface area contributed by atoms with Crippen molar-refractivity contribution in [2.45, 2.75) is 31.7 Å². The van der Waals surface area contributed by atoms with Crippen molar-refractivity contribution in [3.63, 3.8) is 0 Å². The first kappa shape index (κ1) is 18.5. The lowest BCUT2D eigenvalue weighted by Crippen LogP contribution is -2.39. The van der Waals surface area contributed by atoms with Crippen LogP contribution in [0.1, 0.15) is 36.3 Å². The number of nitrogens with zero attached hydrogens (tertiary/aromatic N) is 5. The van der Waals surface area contributed by atoms with E-state index in [1.165, 1.54) is 5.56 Å². The van der Waals surface area contributed by atoms with E-state index in [1.807, 2.05) is 42.0 Å². The molecule has 0 aliphatic carbocycles. The van der Waals surface area contributed by atoms with Crippen LogP contribution in [-0.4, -0.2) is 53.2 Å². The van der Waals surface area contributed by atoms with E-state index in [4.69, 9.17) is 0 Å². The number of carbonyl (C=O) groups is 1. The molecule has 1 atom stereocenters. The van der Waals surface area contributed by atoms with Crippen LogP contribution >= 0.6 is 0 Å². The van der Waals surface area contributed by atoms with E-state index in [0.717, 1.165) is 49.7 Å². The van der Waals surface area contributed by atoms with Gasteiger partial charge in [0.2, 0.25) is 5.91 Å². The van der Waals surface area contributed by atoms with Gasteiger partial charge in [0.05, 0.1) is 6.20 Å². The van der Waals surface area contributed by atoms with Crippen molar-refractivity contribution in [1.29, 1.82) is 0 Å². The number of guanidine groups is 1. The van der Waals surface area contributed by atoms with Crippen molar-refractivity contribution in [3.8, 4) is 0 Å². The van der Waals surface area contributed by atoms with Gasteiger partial charge in [0, 0.05) is 64.5 Å². The van der Waals surface area contributed by atoms with Gasteiger partial charge in [-0.15, -0.1) is 0 Å². The van der Waals surface area contributed by atoms with Crippen molar-refractivity contribution in [3.05, 3.63) is 47.8 Å². The SMILES string of the molecule is CN=C(NCc1cccc(N2CCCC2=O)c1)N1CCC(c2cnn(C)c2)C1. The van der Waals surface area contributed by atoms with Crippen LogP contribution in [0, 0.1) is 0 Å². The number of carbonyl (C=O) groups excluding carboxylic acids is 1. The van der Waals surface area contributed by atoms with Crippen LogP contribution in [0.5, 0.6) is 0 Å². The topological polar surface area (TPSA) is 65.8 Å². The summed E-state index contributed by atoms with van der Waals surface area (Å²) in [6.45, 7) is 3.45. The molecule has 2 saturated heterocycles. The molecule has 2 aliphatic rings. The maximum atomic E-state index is 12.0. The number of likely N-dealkylation sites (tertiary alicyclic amines) is 1. The van der Waals surface area contributed by atoms with Crippen LogP contribution in [0.15, 0.2) is 41.7 Å². The Hall–Kier alpha value is -2.83.